The Morgan fingerprint density at radius 3 is 2.71 bits per heavy atom. The fourth-order valence-electron chi connectivity index (χ4n) is 3.00. The van der Waals surface area contributed by atoms with Crippen LogP contribution in [0.5, 0.6) is 0 Å². The molecule has 0 radical (unpaired) electrons. The summed E-state index contributed by atoms with van der Waals surface area (Å²) in [5.41, 5.74) is 1.98. The molecule has 0 saturated carbocycles. The number of hydrogen-bond donors (Lipinski definition) is 1. The minimum absolute atomic E-state index is 0.202. The SMILES string of the molecule is Cc1ccccc1NC(=O)[C@H]1CCCN1C(=O)c1cccc(F)c1. The molecule has 1 aliphatic heterocycles. The molecule has 124 valence electrons. The second kappa shape index (κ2) is 6.83. The summed E-state index contributed by atoms with van der Waals surface area (Å²) in [7, 11) is 0. The Hall–Kier alpha value is -2.69. The molecule has 1 saturated heterocycles. The number of halogens is 1. The van der Waals surface area contributed by atoms with Gasteiger partial charge in [-0.3, -0.25) is 9.59 Å². The zero-order valence-corrected chi connectivity index (χ0v) is 13.5. The molecule has 1 fully saturated rings. The van der Waals surface area contributed by atoms with Gasteiger partial charge in [-0.25, -0.2) is 4.39 Å². The first-order valence-corrected chi connectivity index (χ1v) is 7.99. The van der Waals surface area contributed by atoms with E-state index < -0.39 is 11.9 Å². The maximum absolute atomic E-state index is 13.4. The number of anilines is 1. The van der Waals surface area contributed by atoms with E-state index in [9.17, 15) is 14.0 Å². The number of aryl methyl sites for hydroxylation is 1. The van der Waals surface area contributed by atoms with Gasteiger partial charge in [-0.15, -0.1) is 0 Å². The van der Waals surface area contributed by atoms with E-state index in [0.717, 1.165) is 17.7 Å². The molecule has 0 aliphatic carbocycles. The minimum atomic E-state index is -0.527. The van der Waals surface area contributed by atoms with Gasteiger partial charge < -0.3 is 10.2 Å². The molecule has 2 aromatic rings. The van der Waals surface area contributed by atoms with Crippen LogP contribution in [0.2, 0.25) is 0 Å². The molecule has 0 unspecified atom stereocenters. The third-order valence-electron chi connectivity index (χ3n) is 4.29. The summed E-state index contributed by atoms with van der Waals surface area (Å²) in [5, 5.41) is 2.89. The second-order valence-electron chi connectivity index (χ2n) is 5.97. The quantitative estimate of drug-likeness (QED) is 0.940. The number of para-hydroxylation sites is 1. The second-order valence-corrected chi connectivity index (χ2v) is 5.97. The van der Waals surface area contributed by atoms with Crippen molar-refractivity contribution in [3.63, 3.8) is 0 Å². The van der Waals surface area contributed by atoms with Crippen molar-refractivity contribution in [3.8, 4) is 0 Å². The number of hydrogen-bond acceptors (Lipinski definition) is 2. The summed E-state index contributed by atoms with van der Waals surface area (Å²) in [6.45, 7) is 2.42. The van der Waals surface area contributed by atoms with Gasteiger partial charge in [0.2, 0.25) is 5.91 Å². The van der Waals surface area contributed by atoms with E-state index in [-0.39, 0.29) is 17.4 Å². The number of nitrogens with zero attached hydrogens (tertiary/aromatic N) is 1. The number of carbonyl (C=O) groups excluding carboxylic acids is 2. The number of likely N-dealkylation sites (tertiary alicyclic amines) is 1. The summed E-state index contributed by atoms with van der Waals surface area (Å²) in [4.78, 5) is 26.7. The molecule has 1 atom stereocenters. The Morgan fingerprint density at radius 1 is 1.17 bits per heavy atom. The van der Waals surface area contributed by atoms with Crippen molar-refractivity contribution in [1.29, 1.82) is 0 Å². The molecule has 0 bridgehead atoms. The lowest BCUT2D eigenvalue weighted by molar-refractivity contribution is -0.119. The Kier molecular flexibility index (Phi) is 4.60. The van der Waals surface area contributed by atoms with Crippen LogP contribution in [-0.4, -0.2) is 29.3 Å². The van der Waals surface area contributed by atoms with Gasteiger partial charge >= 0.3 is 0 Å². The van der Waals surface area contributed by atoms with Crippen LogP contribution in [0, 0.1) is 12.7 Å². The fourth-order valence-corrected chi connectivity index (χ4v) is 3.00. The largest absolute Gasteiger partial charge is 0.327 e. The predicted octanol–water partition coefficient (Wildman–Crippen LogP) is 3.38. The molecular formula is C19H19FN2O2. The molecule has 1 N–H and O–H groups in total. The number of amides is 2. The highest BCUT2D eigenvalue weighted by Crippen LogP contribution is 2.23. The van der Waals surface area contributed by atoms with Crippen molar-refractivity contribution in [2.45, 2.75) is 25.8 Å². The van der Waals surface area contributed by atoms with Gasteiger partial charge in [-0.1, -0.05) is 24.3 Å². The highest BCUT2D eigenvalue weighted by molar-refractivity contribution is 6.01. The van der Waals surface area contributed by atoms with Crippen molar-refractivity contribution in [3.05, 3.63) is 65.5 Å². The molecule has 4 nitrogen and oxygen atoms in total. The number of rotatable bonds is 3. The monoisotopic (exact) mass is 326 g/mol. The molecule has 0 spiro atoms. The lowest BCUT2D eigenvalue weighted by Gasteiger charge is -2.24. The Morgan fingerprint density at radius 2 is 1.96 bits per heavy atom. The Bertz CT molecular complexity index is 775. The molecule has 1 heterocycles. The zero-order valence-electron chi connectivity index (χ0n) is 13.5. The first-order chi connectivity index (χ1) is 11.6. The smallest absolute Gasteiger partial charge is 0.254 e. The van der Waals surface area contributed by atoms with Crippen molar-refractivity contribution in [1.82, 2.24) is 4.90 Å². The summed E-state index contributed by atoms with van der Waals surface area (Å²) in [5.74, 6) is -0.968. The van der Waals surface area contributed by atoms with E-state index in [1.54, 1.807) is 6.07 Å². The van der Waals surface area contributed by atoms with Crippen molar-refractivity contribution < 1.29 is 14.0 Å². The van der Waals surface area contributed by atoms with Gasteiger partial charge in [0, 0.05) is 17.8 Å². The number of nitrogens with one attached hydrogen (secondary N) is 1. The number of benzene rings is 2. The van der Waals surface area contributed by atoms with Crippen molar-refractivity contribution in [2.75, 3.05) is 11.9 Å². The molecule has 0 aromatic heterocycles. The minimum Gasteiger partial charge on any atom is -0.327 e. The van der Waals surface area contributed by atoms with Crippen LogP contribution in [0.15, 0.2) is 48.5 Å². The molecular weight excluding hydrogens is 307 g/mol. The van der Waals surface area contributed by atoms with Crippen LogP contribution < -0.4 is 5.32 Å². The Labute approximate surface area is 140 Å². The van der Waals surface area contributed by atoms with E-state index in [2.05, 4.69) is 5.32 Å². The maximum atomic E-state index is 13.4. The summed E-state index contributed by atoms with van der Waals surface area (Å²) < 4.78 is 13.4. The summed E-state index contributed by atoms with van der Waals surface area (Å²) in [6, 6.07) is 12.6. The predicted molar refractivity (Wildman–Crippen MR) is 90.3 cm³/mol. The van der Waals surface area contributed by atoms with Crippen LogP contribution in [0.1, 0.15) is 28.8 Å². The van der Waals surface area contributed by atoms with Gasteiger partial charge in [0.25, 0.3) is 5.91 Å². The van der Waals surface area contributed by atoms with Crippen LogP contribution in [-0.2, 0) is 4.79 Å². The van der Waals surface area contributed by atoms with Gasteiger partial charge in [0.1, 0.15) is 11.9 Å². The van der Waals surface area contributed by atoms with E-state index in [4.69, 9.17) is 0 Å². The normalized spacial score (nSPS) is 16.9. The van der Waals surface area contributed by atoms with Crippen LogP contribution in [0.3, 0.4) is 0 Å². The van der Waals surface area contributed by atoms with E-state index in [0.29, 0.717) is 13.0 Å². The standard InChI is InChI=1S/C19H19FN2O2/c1-13-6-2-3-9-16(13)21-18(23)17-10-5-11-22(17)19(24)14-7-4-8-15(20)12-14/h2-4,6-9,12,17H,5,10-11H2,1H3,(H,21,23)/t17-/m1/s1. The molecule has 24 heavy (non-hydrogen) atoms. The third kappa shape index (κ3) is 3.30. The van der Waals surface area contributed by atoms with E-state index in [1.807, 2.05) is 31.2 Å². The molecule has 2 aromatic carbocycles. The highest BCUT2D eigenvalue weighted by Gasteiger charge is 2.34. The van der Waals surface area contributed by atoms with E-state index in [1.165, 1.54) is 23.1 Å². The van der Waals surface area contributed by atoms with Gasteiger partial charge in [0.15, 0.2) is 0 Å². The van der Waals surface area contributed by atoms with Crippen LogP contribution >= 0.6 is 0 Å². The third-order valence-corrected chi connectivity index (χ3v) is 4.29. The van der Waals surface area contributed by atoms with Crippen LogP contribution in [0.4, 0.5) is 10.1 Å². The van der Waals surface area contributed by atoms with Crippen molar-refractivity contribution in [2.24, 2.45) is 0 Å². The van der Waals surface area contributed by atoms with E-state index >= 15 is 0 Å². The summed E-state index contributed by atoms with van der Waals surface area (Å²) >= 11 is 0. The number of carbonyl (C=O) groups is 2. The zero-order chi connectivity index (χ0) is 17.1. The molecule has 3 rings (SSSR count). The average Bonchev–Trinajstić information content (AvgIpc) is 3.06. The Balaban J connectivity index is 1.76. The van der Waals surface area contributed by atoms with Gasteiger partial charge in [-0.05, 0) is 49.6 Å². The lowest BCUT2D eigenvalue weighted by Crippen LogP contribution is -2.43. The van der Waals surface area contributed by atoms with Gasteiger partial charge in [0.05, 0.1) is 0 Å². The first kappa shape index (κ1) is 16.2. The molecule has 5 heteroatoms. The molecule has 1 aliphatic rings. The molecule has 2 amide bonds. The highest BCUT2D eigenvalue weighted by atomic mass is 19.1. The lowest BCUT2D eigenvalue weighted by atomic mass is 10.1. The average molecular weight is 326 g/mol. The first-order valence-electron chi connectivity index (χ1n) is 7.99. The van der Waals surface area contributed by atoms with Gasteiger partial charge in [-0.2, -0.15) is 0 Å². The fraction of sp³-hybridized carbons (Fsp3) is 0.263. The van der Waals surface area contributed by atoms with Crippen LogP contribution in [0.25, 0.3) is 0 Å². The summed E-state index contributed by atoms with van der Waals surface area (Å²) in [6.07, 6.45) is 1.37. The van der Waals surface area contributed by atoms with Crippen molar-refractivity contribution >= 4 is 17.5 Å². The maximum Gasteiger partial charge on any atom is 0.254 e. The topological polar surface area (TPSA) is 49.4 Å².